The summed E-state index contributed by atoms with van der Waals surface area (Å²) >= 11 is 0. The third-order valence-electron chi connectivity index (χ3n) is 7.37. The van der Waals surface area contributed by atoms with E-state index in [1.165, 1.54) is 17.0 Å². The van der Waals surface area contributed by atoms with Crippen LogP contribution in [-0.4, -0.2) is 65.9 Å². The Hall–Kier alpha value is -2.48. The predicted molar refractivity (Wildman–Crippen MR) is 135 cm³/mol. The standard InChI is InChI=1S/C27H41FN4O3/c1-3-5-7-12-24(33)31(25(34)13-8-6-4-2)19-18-30-16-14-27(15-17-30)26(35)29-21-32(27)23-11-9-10-22(28)20-23/h9-11,20H,3-8,12-19,21H2,1-2H3,(H,29,35). The van der Waals surface area contributed by atoms with Crippen molar-refractivity contribution < 1.29 is 18.8 Å². The van der Waals surface area contributed by atoms with Gasteiger partial charge in [-0.25, -0.2) is 4.39 Å². The van der Waals surface area contributed by atoms with E-state index in [9.17, 15) is 18.8 Å². The van der Waals surface area contributed by atoms with Gasteiger partial charge in [-0.05, 0) is 43.9 Å². The minimum Gasteiger partial charge on any atom is -0.339 e. The molecule has 0 saturated carbocycles. The van der Waals surface area contributed by atoms with Gasteiger partial charge in [-0.3, -0.25) is 19.3 Å². The van der Waals surface area contributed by atoms with Gasteiger partial charge < -0.3 is 15.1 Å². The van der Waals surface area contributed by atoms with Crippen molar-refractivity contribution in [3.05, 3.63) is 30.1 Å². The van der Waals surface area contributed by atoms with Gasteiger partial charge >= 0.3 is 0 Å². The largest absolute Gasteiger partial charge is 0.339 e. The van der Waals surface area contributed by atoms with Gasteiger partial charge in [-0.15, -0.1) is 0 Å². The minimum absolute atomic E-state index is 0.0137. The number of likely N-dealkylation sites (tertiary alicyclic amines) is 1. The lowest BCUT2D eigenvalue weighted by Gasteiger charge is -2.43. The molecule has 0 radical (unpaired) electrons. The second-order valence-corrected chi connectivity index (χ2v) is 9.80. The first-order valence-corrected chi connectivity index (χ1v) is 13.3. The maximum Gasteiger partial charge on any atom is 0.247 e. The van der Waals surface area contributed by atoms with Crippen LogP contribution in [0.2, 0.25) is 0 Å². The average Bonchev–Trinajstić information content (AvgIpc) is 3.16. The van der Waals surface area contributed by atoms with Gasteiger partial charge in [0, 0.05) is 44.7 Å². The van der Waals surface area contributed by atoms with E-state index in [-0.39, 0.29) is 23.5 Å². The summed E-state index contributed by atoms with van der Waals surface area (Å²) < 4.78 is 13.8. The lowest BCUT2D eigenvalue weighted by molar-refractivity contribution is -0.145. The third-order valence-corrected chi connectivity index (χ3v) is 7.37. The van der Waals surface area contributed by atoms with Crippen LogP contribution in [0.1, 0.15) is 78.1 Å². The van der Waals surface area contributed by atoms with Crippen LogP contribution in [0, 0.1) is 5.82 Å². The molecule has 2 heterocycles. The summed E-state index contributed by atoms with van der Waals surface area (Å²) in [6.45, 7) is 6.93. The summed E-state index contributed by atoms with van der Waals surface area (Å²) in [4.78, 5) is 44.2. The number of halogens is 1. The van der Waals surface area contributed by atoms with E-state index in [2.05, 4.69) is 24.1 Å². The summed E-state index contributed by atoms with van der Waals surface area (Å²) in [6.07, 6.45) is 7.73. The first-order chi connectivity index (χ1) is 16.9. The molecule has 1 spiro atoms. The monoisotopic (exact) mass is 488 g/mol. The molecule has 2 saturated heterocycles. The number of unbranched alkanes of at least 4 members (excludes halogenated alkanes) is 4. The van der Waals surface area contributed by atoms with E-state index in [4.69, 9.17) is 0 Å². The molecule has 0 atom stereocenters. The molecule has 1 aromatic carbocycles. The number of benzene rings is 1. The Morgan fingerprint density at radius 1 is 1.03 bits per heavy atom. The molecule has 0 bridgehead atoms. The van der Waals surface area contributed by atoms with Gasteiger partial charge in [-0.1, -0.05) is 45.6 Å². The summed E-state index contributed by atoms with van der Waals surface area (Å²) in [5.74, 6) is -0.469. The number of piperidine rings is 1. The van der Waals surface area contributed by atoms with E-state index in [0.29, 0.717) is 64.2 Å². The molecule has 8 heteroatoms. The fraction of sp³-hybridized carbons (Fsp3) is 0.667. The van der Waals surface area contributed by atoms with Crippen molar-refractivity contribution in [1.29, 1.82) is 0 Å². The Morgan fingerprint density at radius 2 is 1.66 bits per heavy atom. The van der Waals surface area contributed by atoms with E-state index in [0.717, 1.165) is 38.5 Å². The van der Waals surface area contributed by atoms with Crippen molar-refractivity contribution in [2.45, 2.75) is 83.6 Å². The molecule has 2 aliphatic rings. The number of amides is 3. The minimum atomic E-state index is -0.685. The Balaban J connectivity index is 1.59. The van der Waals surface area contributed by atoms with Crippen molar-refractivity contribution in [1.82, 2.24) is 15.1 Å². The maximum atomic E-state index is 13.8. The zero-order chi connectivity index (χ0) is 25.3. The van der Waals surface area contributed by atoms with Crippen LogP contribution < -0.4 is 10.2 Å². The number of anilines is 1. The van der Waals surface area contributed by atoms with E-state index in [1.807, 2.05) is 11.0 Å². The van der Waals surface area contributed by atoms with Crippen LogP contribution in [0.15, 0.2) is 24.3 Å². The van der Waals surface area contributed by atoms with Crippen molar-refractivity contribution >= 4 is 23.4 Å². The van der Waals surface area contributed by atoms with Crippen LogP contribution in [0.5, 0.6) is 0 Å². The Labute approximate surface area is 209 Å². The molecule has 1 N–H and O–H groups in total. The average molecular weight is 489 g/mol. The lowest BCUT2D eigenvalue weighted by Crippen LogP contribution is -2.57. The van der Waals surface area contributed by atoms with Crippen LogP contribution in [0.3, 0.4) is 0 Å². The van der Waals surface area contributed by atoms with Gasteiger partial charge in [0.1, 0.15) is 11.4 Å². The fourth-order valence-electron chi connectivity index (χ4n) is 5.17. The molecule has 2 aliphatic heterocycles. The van der Waals surface area contributed by atoms with Crippen molar-refractivity contribution in [3.63, 3.8) is 0 Å². The van der Waals surface area contributed by atoms with Gasteiger partial charge in [0.2, 0.25) is 17.7 Å². The molecule has 0 unspecified atom stereocenters. The van der Waals surface area contributed by atoms with Crippen molar-refractivity contribution in [2.75, 3.05) is 37.7 Å². The summed E-state index contributed by atoms with van der Waals surface area (Å²) in [5, 5.41) is 2.94. The highest BCUT2D eigenvalue weighted by molar-refractivity contribution is 5.95. The fourth-order valence-corrected chi connectivity index (χ4v) is 5.17. The molecule has 3 amide bonds. The summed E-state index contributed by atoms with van der Waals surface area (Å²) in [7, 11) is 0. The first-order valence-electron chi connectivity index (χ1n) is 13.3. The zero-order valence-corrected chi connectivity index (χ0v) is 21.4. The topological polar surface area (TPSA) is 73.0 Å². The number of carbonyl (C=O) groups is 3. The highest BCUT2D eigenvalue weighted by Gasteiger charge is 2.50. The quantitative estimate of drug-likeness (QED) is 0.449. The molecule has 194 valence electrons. The van der Waals surface area contributed by atoms with Gasteiger partial charge in [0.25, 0.3) is 0 Å². The molecule has 0 aliphatic carbocycles. The van der Waals surface area contributed by atoms with Crippen molar-refractivity contribution in [2.24, 2.45) is 0 Å². The summed E-state index contributed by atoms with van der Waals surface area (Å²) in [5.41, 5.74) is 0.0222. The number of nitrogens with one attached hydrogen (secondary N) is 1. The van der Waals surface area contributed by atoms with Crippen LogP contribution in [0.25, 0.3) is 0 Å². The smallest absolute Gasteiger partial charge is 0.247 e. The Morgan fingerprint density at radius 3 is 2.23 bits per heavy atom. The molecular weight excluding hydrogens is 447 g/mol. The molecule has 3 rings (SSSR count). The van der Waals surface area contributed by atoms with Gasteiger partial charge in [0.15, 0.2) is 0 Å². The first kappa shape index (κ1) is 27.1. The molecule has 7 nitrogen and oxygen atoms in total. The zero-order valence-electron chi connectivity index (χ0n) is 21.4. The molecule has 0 aromatic heterocycles. The number of hydrogen-bond acceptors (Lipinski definition) is 5. The third kappa shape index (κ3) is 6.81. The second-order valence-electron chi connectivity index (χ2n) is 9.80. The predicted octanol–water partition coefficient (Wildman–Crippen LogP) is 4.07. The number of hydrogen-bond donors (Lipinski definition) is 1. The number of nitrogens with zero attached hydrogens (tertiary/aromatic N) is 3. The molecule has 35 heavy (non-hydrogen) atoms. The Bertz CT molecular complexity index is 848. The molecule has 2 fully saturated rings. The van der Waals surface area contributed by atoms with Gasteiger partial charge in [0.05, 0.1) is 6.67 Å². The highest BCUT2D eigenvalue weighted by Crippen LogP contribution is 2.36. The molecule has 1 aromatic rings. The van der Waals surface area contributed by atoms with Crippen LogP contribution in [0.4, 0.5) is 10.1 Å². The Kier molecular flexibility index (Phi) is 10.1. The van der Waals surface area contributed by atoms with E-state index < -0.39 is 5.54 Å². The van der Waals surface area contributed by atoms with E-state index >= 15 is 0 Å². The number of imide groups is 1. The SMILES string of the molecule is CCCCCC(=O)N(CCN1CCC2(CC1)C(=O)NCN2c1cccc(F)c1)C(=O)CCCCC. The molecular formula is C27H41FN4O3. The summed E-state index contributed by atoms with van der Waals surface area (Å²) in [6, 6.07) is 6.38. The van der Waals surface area contributed by atoms with Crippen LogP contribution in [-0.2, 0) is 14.4 Å². The normalized spacial score (nSPS) is 17.6. The van der Waals surface area contributed by atoms with Crippen LogP contribution >= 0.6 is 0 Å². The lowest BCUT2D eigenvalue weighted by atomic mass is 9.85. The highest BCUT2D eigenvalue weighted by atomic mass is 19.1. The number of carbonyl (C=O) groups excluding carboxylic acids is 3. The van der Waals surface area contributed by atoms with Crippen molar-refractivity contribution in [3.8, 4) is 0 Å². The number of rotatable bonds is 12. The second kappa shape index (κ2) is 13.0. The van der Waals surface area contributed by atoms with E-state index in [1.54, 1.807) is 6.07 Å². The van der Waals surface area contributed by atoms with Gasteiger partial charge in [-0.2, -0.15) is 0 Å². The maximum absolute atomic E-state index is 13.8.